The highest BCUT2D eigenvalue weighted by Crippen LogP contribution is 2.18. The SMILES string of the molecule is CCn1c(=O)c(=O)[nH]c2cc(C(=O)N3CCN(c4ccccc4)CC3)ccc21. The van der Waals surface area contributed by atoms with Gasteiger partial charge in [0.15, 0.2) is 0 Å². The first-order chi connectivity index (χ1) is 13.6. The van der Waals surface area contributed by atoms with Crippen LogP contribution in [0.15, 0.2) is 58.1 Å². The summed E-state index contributed by atoms with van der Waals surface area (Å²) >= 11 is 0. The number of fused-ring (bicyclic) bond motifs is 1. The number of anilines is 1. The minimum absolute atomic E-state index is 0.0651. The molecular weight excluding hydrogens is 356 g/mol. The number of hydrogen-bond acceptors (Lipinski definition) is 4. The van der Waals surface area contributed by atoms with Gasteiger partial charge >= 0.3 is 11.1 Å². The minimum Gasteiger partial charge on any atom is -0.368 e. The van der Waals surface area contributed by atoms with Crippen LogP contribution in [0.4, 0.5) is 5.69 Å². The van der Waals surface area contributed by atoms with Crippen molar-refractivity contribution in [3.8, 4) is 0 Å². The summed E-state index contributed by atoms with van der Waals surface area (Å²) in [6.45, 7) is 5.03. The van der Waals surface area contributed by atoms with Crippen molar-refractivity contribution < 1.29 is 4.79 Å². The molecule has 28 heavy (non-hydrogen) atoms. The maximum atomic E-state index is 12.9. The van der Waals surface area contributed by atoms with Gasteiger partial charge in [-0.05, 0) is 37.3 Å². The molecule has 2 heterocycles. The first kappa shape index (κ1) is 18.0. The summed E-state index contributed by atoms with van der Waals surface area (Å²) in [5.74, 6) is -0.0651. The second-order valence-electron chi connectivity index (χ2n) is 6.85. The van der Waals surface area contributed by atoms with E-state index in [2.05, 4.69) is 22.0 Å². The monoisotopic (exact) mass is 378 g/mol. The van der Waals surface area contributed by atoms with Crippen molar-refractivity contribution in [1.29, 1.82) is 0 Å². The average Bonchev–Trinajstić information content (AvgIpc) is 2.74. The van der Waals surface area contributed by atoms with Gasteiger partial charge in [-0.3, -0.25) is 14.4 Å². The summed E-state index contributed by atoms with van der Waals surface area (Å²) in [6, 6.07) is 15.3. The number of aryl methyl sites for hydroxylation is 1. The second-order valence-corrected chi connectivity index (χ2v) is 6.85. The third-order valence-electron chi connectivity index (χ3n) is 5.23. The Labute approximate surface area is 161 Å². The predicted molar refractivity (Wildman–Crippen MR) is 109 cm³/mol. The standard InChI is InChI=1S/C21H22N4O3/c1-2-25-18-9-8-15(14-17(18)22-19(26)21(25)28)20(27)24-12-10-23(11-13-24)16-6-4-3-5-7-16/h3-9,14H,2,10-13H2,1H3,(H,22,26). The molecule has 1 aliphatic heterocycles. The van der Waals surface area contributed by atoms with Crippen molar-refractivity contribution in [2.45, 2.75) is 13.5 Å². The Morgan fingerprint density at radius 2 is 1.71 bits per heavy atom. The Hall–Kier alpha value is -3.35. The van der Waals surface area contributed by atoms with Gasteiger partial charge in [0, 0.05) is 44.0 Å². The predicted octanol–water partition coefficient (Wildman–Crippen LogP) is 1.67. The van der Waals surface area contributed by atoms with Crippen LogP contribution in [0.5, 0.6) is 0 Å². The van der Waals surface area contributed by atoms with Gasteiger partial charge in [-0.15, -0.1) is 0 Å². The van der Waals surface area contributed by atoms with Crippen LogP contribution in [0.25, 0.3) is 11.0 Å². The van der Waals surface area contributed by atoms with Gasteiger partial charge in [0.25, 0.3) is 5.91 Å². The van der Waals surface area contributed by atoms with E-state index in [1.54, 1.807) is 18.2 Å². The molecule has 1 saturated heterocycles. The van der Waals surface area contributed by atoms with Crippen molar-refractivity contribution in [3.05, 3.63) is 74.8 Å². The number of amides is 1. The number of carbonyl (C=O) groups excluding carboxylic acids is 1. The Bertz CT molecular complexity index is 1130. The van der Waals surface area contributed by atoms with Gasteiger partial charge in [0.1, 0.15) is 0 Å². The number of hydrogen-bond donors (Lipinski definition) is 1. The summed E-state index contributed by atoms with van der Waals surface area (Å²) in [7, 11) is 0. The first-order valence-corrected chi connectivity index (χ1v) is 9.44. The largest absolute Gasteiger partial charge is 0.368 e. The highest BCUT2D eigenvalue weighted by Gasteiger charge is 2.22. The number of H-pyrrole nitrogens is 1. The number of nitrogens with one attached hydrogen (secondary N) is 1. The Morgan fingerprint density at radius 1 is 1.00 bits per heavy atom. The van der Waals surface area contributed by atoms with E-state index in [4.69, 9.17) is 0 Å². The van der Waals surface area contributed by atoms with Gasteiger partial charge < -0.3 is 19.4 Å². The van der Waals surface area contributed by atoms with E-state index in [1.165, 1.54) is 4.57 Å². The molecule has 0 atom stereocenters. The molecule has 3 aromatic rings. The average molecular weight is 378 g/mol. The van der Waals surface area contributed by atoms with Gasteiger partial charge in [0.05, 0.1) is 11.0 Å². The topological polar surface area (TPSA) is 78.4 Å². The molecule has 0 unspecified atom stereocenters. The number of rotatable bonds is 3. The summed E-state index contributed by atoms with van der Waals surface area (Å²) < 4.78 is 1.42. The molecule has 2 aromatic carbocycles. The van der Waals surface area contributed by atoms with Crippen LogP contribution in [0, 0.1) is 0 Å². The minimum atomic E-state index is -0.671. The van der Waals surface area contributed by atoms with Crippen LogP contribution >= 0.6 is 0 Å². The fourth-order valence-corrected chi connectivity index (χ4v) is 3.72. The van der Waals surface area contributed by atoms with E-state index in [9.17, 15) is 14.4 Å². The smallest absolute Gasteiger partial charge is 0.316 e. The van der Waals surface area contributed by atoms with E-state index in [0.29, 0.717) is 36.2 Å². The van der Waals surface area contributed by atoms with E-state index in [-0.39, 0.29) is 5.91 Å². The molecule has 4 rings (SSSR count). The zero-order valence-electron chi connectivity index (χ0n) is 15.7. The summed E-state index contributed by atoms with van der Waals surface area (Å²) in [5.41, 5.74) is 1.55. The Kier molecular flexibility index (Phi) is 4.73. The molecule has 1 aliphatic rings. The highest BCUT2D eigenvalue weighted by atomic mass is 16.2. The number of benzene rings is 2. The van der Waals surface area contributed by atoms with Gasteiger partial charge in [-0.1, -0.05) is 18.2 Å². The normalized spacial score (nSPS) is 14.5. The molecule has 1 N–H and O–H groups in total. The molecule has 1 fully saturated rings. The van der Waals surface area contributed by atoms with Gasteiger partial charge in [-0.25, -0.2) is 0 Å². The Balaban J connectivity index is 1.56. The molecule has 1 aromatic heterocycles. The second kappa shape index (κ2) is 7.34. The molecule has 0 spiro atoms. The lowest BCUT2D eigenvalue weighted by Gasteiger charge is -2.36. The maximum Gasteiger partial charge on any atom is 0.316 e. The van der Waals surface area contributed by atoms with Crippen molar-refractivity contribution in [3.63, 3.8) is 0 Å². The Morgan fingerprint density at radius 3 is 2.39 bits per heavy atom. The third kappa shape index (κ3) is 3.19. The summed E-state index contributed by atoms with van der Waals surface area (Å²) in [5, 5.41) is 0. The lowest BCUT2D eigenvalue weighted by atomic mass is 10.1. The van der Waals surface area contributed by atoms with Crippen LogP contribution in [0.1, 0.15) is 17.3 Å². The molecule has 7 nitrogen and oxygen atoms in total. The lowest BCUT2D eigenvalue weighted by molar-refractivity contribution is 0.0747. The fourth-order valence-electron chi connectivity index (χ4n) is 3.72. The lowest BCUT2D eigenvalue weighted by Crippen LogP contribution is -2.48. The molecule has 0 radical (unpaired) electrons. The first-order valence-electron chi connectivity index (χ1n) is 9.44. The van der Waals surface area contributed by atoms with Crippen LogP contribution in [-0.4, -0.2) is 46.5 Å². The number of nitrogens with zero attached hydrogens (tertiary/aromatic N) is 3. The van der Waals surface area contributed by atoms with Gasteiger partial charge in [-0.2, -0.15) is 0 Å². The summed E-state index contributed by atoms with van der Waals surface area (Å²) in [6.07, 6.45) is 0. The van der Waals surface area contributed by atoms with E-state index < -0.39 is 11.1 Å². The van der Waals surface area contributed by atoms with Gasteiger partial charge in [0.2, 0.25) is 0 Å². The number of para-hydroxylation sites is 1. The zero-order valence-corrected chi connectivity index (χ0v) is 15.7. The summed E-state index contributed by atoms with van der Waals surface area (Å²) in [4.78, 5) is 43.5. The molecule has 144 valence electrons. The van der Waals surface area contributed by atoms with Crippen molar-refractivity contribution in [2.75, 3.05) is 31.1 Å². The van der Waals surface area contributed by atoms with Crippen molar-refractivity contribution in [1.82, 2.24) is 14.5 Å². The molecule has 7 heteroatoms. The third-order valence-corrected chi connectivity index (χ3v) is 5.23. The number of carbonyl (C=O) groups is 1. The van der Waals surface area contributed by atoms with Crippen LogP contribution in [0.2, 0.25) is 0 Å². The number of aromatic amines is 1. The molecule has 0 saturated carbocycles. The zero-order chi connectivity index (χ0) is 19.7. The molecule has 0 bridgehead atoms. The highest BCUT2D eigenvalue weighted by molar-refractivity contribution is 5.97. The van der Waals surface area contributed by atoms with E-state index >= 15 is 0 Å². The maximum absolute atomic E-state index is 12.9. The molecular formula is C21H22N4O3. The van der Waals surface area contributed by atoms with Crippen LogP contribution in [0.3, 0.4) is 0 Å². The molecule has 0 aliphatic carbocycles. The van der Waals surface area contributed by atoms with E-state index in [1.807, 2.05) is 30.0 Å². The van der Waals surface area contributed by atoms with Crippen molar-refractivity contribution in [2.24, 2.45) is 0 Å². The van der Waals surface area contributed by atoms with Crippen LogP contribution < -0.4 is 16.0 Å². The molecule has 1 amide bonds. The van der Waals surface area contributed by atoms with Crippen molar-refractivity contribution >= 4 is 22.6 Å². The number of aromatic nitrogens is 2. The van der Waals surface area contributed by atoms with E-state index in [0.717, 1.165) is 18.8 Å². The van der Waals surface area contributed by atoms with Crippen LogP contribution in [-0.2, 0) is 6.54 Å². The fraction of sp³-hybridized carbons (Fsp3) is 0.286. The quantitative estimate of drug-likeness (QED) is 0.704. The number of piperazine rings is 1.